The number of nitrogens with two attached hydrogens (primary N) is 1. The first-order chi connectivity index (χ1) is 6.11. The minimum atomic E-state index is -0.464. The molecule has 0 heterocycles. The van der Waals surface area contributed by atoms with Crippen LogP contribution in [0.3, 0.4) is 0 Å². The molecule has 0 aliphatic carbocycles. The van der Waals surface area contributed by atoms with E-state index < -0.39 is 6.10 Å². The van der Waals surface area contributed by atoms with Gasteiger partial charge in [-0.05, 0) is 19.1 Å². The molecule has 0 fully saturated rings. The van der Waals surface area contributed by atoms with Crippen molar-refractivity contribution in [3.8, 4) is 11.8 Å². The normalized spacial score (nSPS) is 11.8. The number of halogens is 1. The second-order valence-electron chi connectivity index (χ2n) is 2.61. The number of hydrogen-bond donors (Lipinski definition) is 1. The van der Waals surface area contributed by atoms with Crippen LogP contribution < -0.4 is 10.5 Å². The van der Waals surface area contributed by atoms with Crippen molar-refractivity contribution in [1.29, 1.82) is 5.26 Å². The van der Waals surface area contributed by atoms with Gasteiger partial charge in [0.15, 0.2) is 6.10 Å². The Morgan fingerprint density at radius 2 is 2.23 bits per heavy atom. The largest absolute Gasteiger partial charge is 0.476 e. The third-order valence-electron chi connectivity index (χ3n) is 1.39. The van der Waals surface area contributed by atoms with Gasteiger partial charge >= 0.3 is 0 Å². The molecule has 0 spiro atoms. The first-order valence-corrected chi connectivity index (χ1v) is 4.53. The molecule has 3 nitrogen and oxygen atoms in total. The van der Waals surface area contributed by atoms with Crippen LogP contribution in [0, 0.1) is 11.3 Å². The van der Waals surface area contributed by atoms with E-state index >= 15 is 0 Å². The molecule has 13 heavy (non-hydrogen) atoms. The van der Waals surface area contributed by atoms with Crippen molar-refractivity contribution in [3.05, 3.63) is 22.7 Å². The van der Waals surface area contributed by atoms with Gasteiger partial charge < -0.3 is 10.5 Å². The highest BCUT2D eigenvalue weighted by Crippen LogP contribution is 2.23. The van der Waals surface area contributed by atoms with Crippen molar-refractivity contribution < 1.29 is 4.74 Å². The van der Waals surface area contributed by atoms with E-state index in [0.717, 1.165) is 4.47 Å². The molecule has 0 radical (unpaired) electrons. The fourth-order valence-electron chi connectivity index (χ4n) is 0.883. The maximum absolute atomic E-state index is 8.52. The van der Waals surface area contributed by atoms with Gasteiger partial charge in [-0.3, -0.25) is 0 Å². The molecular formula is C9H9BrN2O. The van der Waals surface area contributed by atoms with E-state index in [1.807, 2.05) is 6.07 Å². The molecule has 2 N–H and O–H groups in total. The Labute approximate surface area is 85.2 Å². The van der Waals surface area contributed by atoms with Gasteiger partial charge in [-0.2, -0.15) is 5.26 Å². The van der Waals surface area contributed by atoms with Crippen LogP contribution in [0.5, 0.6) is 5.75 Å². The van der Waals surface area contributed by atoms with Gasteiger partial charge in [-0.15, -0.1) is 0 Å². The predicted octanol–water partition coefficient (Wildman–Crippen LogP) is 2.32. The van der Waals surface area contributed by atoms with E-state index in [-0.39, 0.29) is 0 Å². The third kappa shape index (κ3) is 2.96. The summed E-state index contributed by atoms with van der Waals surface area (Å²) in [5, 5.41) is 8.52. The van der Waals surface area contributed by atoms with E-state index in [2.05, 4.69) is 15.9 Å². The van der Waals surface area contributed by atoms with Crippen LogP contribution in [-0.4, -0.2) is 6.10 Å². The first kappa shape index (κ1) is 9.87. The Balaban J connectivity index is 2.84. The highest BCUT2D eigenvalue weighted by molar-refractivity contribution is 9.10. The lowest BCUT2D eigenvalue weighted by molar-refractivity contribution is 0.276. The molecule has 0 aliphatic rings. The summed E-state index contributed by atoms with van der Waals surface area (Å²) in [6.45, 7) is 1.68. The average Bonchev–Trinajstić information content (AvgIpc) is 2.02. The quantitative estimate of drug-likeness (QED) is 0.808. The average molecular weight is 241 g/mol. The minimum absolute atomic E-state index is 0.464. The van der Waals surface area contributed by atoms with Crippen molar-refractivity contribution in [3.63, 3.8) is 0 Å². The van der Waals surface area contributed by atoms with Crippen LogP contribution in [0.1, 0.15) is 6.92 Å². The van der Waals surface area contributed by atoms with Gasteiger partial charge in [0.25, 0.3) is 0 Å². The van der Waals surface area contributed by atoms with E-state index in [4.69, 9.17) is 15.7 Å². The lowest BCUT2D eigenvalue weighted by atomic mass is 10.3. The molecule has 1 aromatic rings. The molecule has 0 amide bonds. The van der Waals surface area contributed by atoms with Crippen LogP contribution in [-0.2, 0) is 0 Å². The van der Waals surface area contributed by atoms with Crippen molar-refractivity contribution in [2.75, 3.05) is 5.73 Å². The van der Waals surface area contributed by atoms with Crippen LogP contribution in [0.2, 0.25) is 0 Å². The lowest BCUT2D eigenvalue weighted by Crippen LogP contribution is -2.08. The second-order valence-corrected chi connectivity index (χ2v) is 3.53. The highest BCUT2D eigenvalue weighted by atomic mass is 79.9. The smallest absolute Gasteiger partial charge is 0.181 e. The summed E-state index contributed by atoms with van der Waals surface area (Å²) in [6, 6.07) is 7.19. The molecule has 0 aliphatic heterocycles. The maximum Gasteiger partial charge on any atom is 0.181 e. The molecule has 4 heteroatoms. The first-order valence-electron chi connectivity index (χ1n) is 3.74. The Morgan fingerprint density at radius 1 is 1.54 bits per heavy atom. The number of hydrogen-bond acceptors (Lipinski definition) is 3. The molecule has 68 valence electrons. The zero-order chi connectivity index (χ0) is 9.84. The Morgan fingerprint density at radius 3 is 2.77 bits per heavy atom. The fourth-order valence-corrected chi connectivity index (χ4v) is 1.37. The molecule has 0 saturated heterocycles. The van der Waals surface area contributed by atoms with Gasteiger partial charge in [0, 0.05) is 16.2 Å². The number of anilines is 1. The predicted molar refractivity (Wildman–Crippen MR) is 54.3 cm³/mol. The number of benzene rings is 1. The number of nitrogens with zero attached hydrogens (tertiary/aromatic N) is 1. The van der Waals surface area contributed by atoms with Crippen molar-refractivity contribution in [2.24, 2.45) is 0 Å². The van der Waals surface area contributed by atoms with Crippen molar-refractivity contribution in [2.45, 2.75) is 13.0 Å². The van der Waals surface area contributed by atoms with Gasteiger partial charge in [0.2, 0.25) is 0 Å². The number of ether oxygens (including phenoxy) is 1. The van der Waals surface area contributed by atoms with Gasteiger partial charge in [0.05, 0.1) is 0 Å². The topological polar surface area (TPSA) is 59.0 Å². The fraction of sp³-hybridized carbons (Fsp3) is 0.222. The minimum Gasteiger partial charge on any atom is -0.476 e. The summed E-state index contributed by atoms with van der Waals surface area (Å²) in [6.07, 6.45) is -0.464. The van der Waals surface area contributed by atoms with Crippen LogP contribution in [0.15, 0.2) is 22.7 Å². The van der Waals surface area contributed by atoms with Crippen LogP contribution >= 0.6 is 15.9 Å². The summed E-state index contributed by atoms with van der Waals surface area (Å²) in [5.74, 6) is 0.598. The van der Waals surface area contributed by atoms with E-state index in [1.165, 1.54) is 0 Å². The Bertz CT molecular complexity index is 326. The summed E-state index contributed by atoms with van der Waals surface area (Å²) in [4.78, 5) is 0. The zero-order valence-corrected chi connectivity index (χ0v) is 8.71. The van der Waals surface area contributed by atoms with Crippen LogP contribution in [0.4, 0.5) is 5.69 Å². The molecule has 1 atom stereocenters. The Kier molecular flexibility index (Phi) is 3.15. The monoisotopic (exact) mass is 240 g/mol. The zero-order valence-electron chi connectivity index (χ0n) is 7.12. The molecular weight excluding hydrogens is 232 g/mol. The summed E-state index contributed by atoms with van der Waals surface area (Å²) in [5.41, 5.74) is 6.19. The molecule has 0 aromatic heterocycles. The second kappa shape index (κ2) is 4.15. The van der Waals surface area contributed by atoms with E-state index in [9.17, 15) is 0 Å². The van der Waals surface area contributed by atoms with Gasteiger partial charge in [0.1, 0.15) is 11.8 Å². The maximum atomic E-state index is 8.52. The molecule has 0 bridgehead atoms. The molecule has 1 aromatic carbocycles. The van der Waals surface area contributed by atoms with Gasteiger partial charge in [-0.25, -0.2) is 0 Å². The third-order valence-corrected chi connectivity index (χ3v) is 1.85. The van der Waals surface area contributed by atoms with Gasteiger partial charge in [-0.1, -0.05) is 15.9 Å². The summed E-state index contributed by atoms with van der Waals surface area (Å²) >= 11 is 3.28. The molecule has 0 saturated carbocycles. The number of rotatable bonds is 2. The summed E-state index contributed by atoms with van der Waals surface area (Å²) < 4.78 is 6.09. The van der Waals surface area contributed by atoms with Crippen molar-refractivity contribution >= 4 is 21.6 Å². The summed E-state index contributed by atoms with van der Waals surface area (Å²) in [7, 11) is 0. The Hall–Kier alpha value is -1.21. The highest BCUT2D eigenvalue weighted by Gasteiger charge is 2.02. The van der Waals surface area contributed by atoms with Crippen LogP contribution in [0.25, 0.3) is 0 Å². The lowest BCUT2D eigenvalue weighted by Gasteiger charge is -2.08. The van der Waals surface area contributed by atoms with Crippen molar-refractivity contribution in [1.82, 2.24) is 0 Å². The molecule has 1 rings (SSSR count). The SMILES string of the molecule is CC(C#N)Oc1cc(N)cc(Br)c1. The number of nitriles is 1. The standard InChI is InChI=1S/C9H9BrN2O/c1-6(5-11)13-9-3-7(10)2-8(12)4-9/h2-4,6H,12H2,1H3. The van der Waals surface area contributed by atoms with E-state index in [1.54, 1.807) is 25.1 Å². The molecule has 1 unspecified atom stereocenters. The van der Waals surface area contributed by atoms with E-state index in [0.29, 0.717) is 11.4 Å². The number of nitrogen functional groups attached to an aromatic ring is 1.